The second-order valence-electron chi connectivity index (χ2n) is 12.9. The Balaban J connectivity index is 1.42. The number of piperidine rings is 1. The van der Waals surface area contributed by atoms with Crippen molar-refractivity contribution in [3.05, 3.63) is 34.6 Å². The van der Waals surface area contributed by atoms with Gasteiger partial charge in [-0.15, -0.1) is 0 Å². The zero-order chi connectivity index (χ0) is 28.4. The second kappa shape index (κ2) is 12.2. The number of nitrogens with zero attached hydrogens (tertiary/aromatic N) is 5. The molecule has 3 atom stereocenters. The summed E-state index contributed by atoms with van der Waals surface area (Å²) < 4.78 is 1.99. The van der Waals surface area contributed by atoms with Gasteiger partial charge in [-0.05, 0) is 85.0 Å². The van der Waals surface area contributed by atoms with E-state index in [2.05, 4.69) is 18.7 Å². The Bertz CT molecular complexity index is 1230. The minimum absolute atomic E-state index is 0.0372. The molecule has 1 aliphatic carbocycles. The van der Waals surface area contributed by atoms with Gasteiger partial charge in [0.15, 0.2) is 5.82 Å². The van der Waals surface area contributed by atoms with E-state index in [1.165, 1.54) is 57.8 Å². The molecule has 1 saturated carbocycles. The summed E-state index contributed by atoms with van der Waals surface area (Å²) in [5.41, 5.74) is 0.752. The highest BCUT2D eigenvalue weighted by Gasteiger charge is 2.44. The third-order valence-corrected chi connectivity index (χ3v) is 10.3. The highest BCUT2D eigenvalue weighted by Crippen LogP contribution is 2.36. The molecular weight excluding hydrogens is 502 g/mol. The average Bonchev–Trinajstić information content (AvgIpc) is 3.27. The number of carbonyl (C=O) groups is 1. The molecule has 2 saturated heterocycles. The zero-order valence-electron chi connectivity index (χ0n) is 25.0. The molecule has 2 aliphatic heterocycles. The summed E-state index contributed by atoms with van der Waals surface area (Å²) in [6.07, 6.45) is 13.7. The van der Waals surface area contributed by atoms with E-state index in [4.69, 9.17) is 4.98 Å². The van der Waals surface area contributed by atoms with Crippen LogP contribution in [0.3, 0.4) is 0 Å². The predicted molar refractivity (Wildman–Crippen MR) is 161 cm³/mol. The van der Waals surface area contributed by atoms with Crippen LogP contribution in [0.1, 0.15) is 96.9 Å². The molecule has 3 fully saturated rings. The van der Waals surface area contributed by atoms with Gasteiger partial charge in [-0.3, -0.25) is 19.4 Å². The van der Waals surface area contributed by atoms with Crippen molar-refractivity contribution < 1.29 is 9.90 Å². The molecule has 1 aromatic heterocycles. The first-order valence-electron chi connectivity index (χ1n) is 15.7. The summed E-state index contributed by atoms with van der Waals surface area (Å²) in [6, 6.07) is 9.77. The Morgan fingerprint density at radius 2 is 1.70 bits per heavy atom. The van der Waals surface area contributed by atoms with E-state index in [-0.39, 0.29) is 11.6 Å². The van der Waals surface area contributed by atoms with Crippen molar-refractivity contribution in [3.63, 3.8) is 0 Å². The van der Waals surface area contributed by atoms with E-state index in [0.717, 1.165) is 17.5 Å². The molecule has 3 aliphatic rings. The van der Waals surface area contributed by atoms with Gasteiger partial charge in [-0.1, -0.05) is 44.2 Å². The molecule has 220 valence electrons. The number of anilines is 1. The van der Waals surface area contributed by atoms with Crippen molar-refractivity contribution in [1.82, 2.24) is 19.4 Å². The first kappa shape index (κ1) is 29.1. The highest BCUT2D eigenvalue weighted by atomic mass is 16.4. The van der Waals surface area contributed by atoms with E-state index in [1.54, 1.807) is 0 Å². The lowest BCUT2D eigenvalue weighted by Gasteiger charge is -2.43. The molecule has 2 aromatic rings. The van der Waals surface area contributed by atoms with Gasteiger partial charge in [-0.25, -0.2) is 4.98 Å². The number of carboxylic acids is 1. The molecule has 8 nitrogen and oxygen atoms in total. The van der Waals surface area contributed by atoms with Crippen molar-refractivity contribution >= 4 is 22.8 Å². The van der Waals surface area contributed by atoms with Gasteiger partial charge < -0.3 is 14.6 Å². The third-order valence-electron chi connectivity index (χ3n) is 10.3. The smallest absolute Gasteiger partial charge is 0.324 e. The fourth-order valence-corrected chi connectivity index (χ4v) is 7.95. The maximum Gasteiger partial charge on any atom is 0.324 e. The molecule has 40 heavy (non-hydrogen) atoms. The molecule has 3 heterocycles. The lowest BCUT2D eigenvalue weighted by Crippen LogP contribution is -2.58. The Hall–Kier alpha value is -2.45. The summed E-state index contributed by atoms with van der Waals surface area (Å²) in [5, 5.41) is 9.98. The van der Waals surface area contributed by atoms with Gasteiger partial charge in [-0.2, -0.15) is 0 Å². The largest absolute Gasteiger partial charge is 0.480 e. The van der Waals surface area contributed by atoms with E-state index >= 15 is 0 Å². The quantitative estimate of drug-likeness (QED) is 0.500. The minimum atomic E-state index is -0.903. The van der Waals surface area contributed by atoms with Crippen molar-refractivity contribution in [2.75, 3.05) is 32.1 Å². The van der Waals surface area contributed by atoms with Crippen molar-refractivity contribution in [2.45, 2.75) is 121 Å². The average molecular weight is 552 g/mol. The van der Waals surface area contributed by atoms with Crippen LogP contribution in [0.2, 0.25) is 0 Å². The first-order chi connectivity index (χ1) is 19.2. The molecule has 0 radical (unpaired) electrons. The number of fused-ring (bicyclic) bond motifs is 1. The first-order valence-corrected chi connectivity index (χ1v) is 15.7. The fourth-order valence-electron chi connectivity index (χ4n) is 7.95. The number of aromatic nitrogens is 2. The minimum Gasteiger partial charge on any atom is -0.480 e. The molecule has 1 unspecified atom stereocenters. The number of para-hydroxylation sites is 2. The predicted octanol–water partition coefficient (Wildman–Crippen LogP) is 5.30. The second-order valence-corrected chi connectivity index (χ2v) is 12.9. The number of aliphatic carboxylic acids is 1. The van der Waals surface area contributed by atoms with Gasteiger partial charge in [0.1, 0.15) is 5.54 Å². The van der Waals surface area contributed by atoms with Crippen molar-refractivity contribution in [1.29, 1.82) is 0 Å². The van der Waals surface area contributed by atoms with Gasteiger partial charge in [0, 0.05) is 37.3 Å². The summed E-state index contributed by atoms with van der Waals surface area (Å²) in [4.78, 5) is 37.8. The maximum absolute atomic E-state index is 14.2. The highest BCUT2D eigenvalue weighted by molar-refractivity contribution is 5.80. The zero-order valence-corrected chi connectivity index (χ0v) is 25.0. The van der Waals surface area contributed by atoms with Crippen LogP contribution in [0.25, 0.3) is 11.0 Å². The topological polar surface area (TPSA) is 81.9 Å². The molecule has 8 heteroatoms. The molecule has 0 spiro atoms. The van der Waals surface area contributed by atoms with E-state index in [0.29, 0.717) is 49.9 Å². The summed E-state index contributed by atoms with van der Waals surface area (Å²) >= 11 is 0. The Kier molecular flexibility index (Phi) is 8.86. The van der Waals surface area contributed by atoms with Crippen molar-refractivity contribution in [3.8, 4) is 0 Å². The van der Waals surface area contributed by atoms with Crippen LogP contribution in [-0.2, 0) is 4.79 Å². The SMILES string of the molecule is CC1CC[C@@H](C[C@H](C)n2c(=O)c(N3CCC(C(=O)O)(N(C)C)CC3)nc3ccccc32)N1C1CCCCCCC1. The molecule has 1 aromatic carbocycles. The van der Waals surface area contributed by atoms with E-state index in [9.17, 15) is 14.7 Å². The van der Waals surface area contributed by atoms with Crippen LogP contribution in [0.4, 0.5) is 5.82 Å². The number of benzene rings is 1. The van der Waals surface area contributed by atoms with Crippen LogP contribution in [0.5, 0.6) is 0 Å². The van der Waals surface area contributed by atoms with E-state index < -0.39 is 11.5 Å². The number of hydrogen-bond acceptors (Lipinski definition) is 6. The number of carboxylic acid groups (broad SMARTS) is 1. The van der Waals surface area contributed by atoms with Crippen LogP contribution >= 0.6 is 0 Å². The number of rotatable bonds is 7. The van der Waals surface area contributed by atoms with Crippen LogP contribution in [0, 0.1) is 0 Å². The lowest BCUT2D eigenvalue weighted by atomic mass is 9.86. The van der Waals surface area contributed by atoms with Gasteiger partial charge in [0.05, 0.1) is 11.0 Å². The molecule has 5 rings (SSSR count). The normalized spacial score (nSPS) is 25.7. The number of likely N-dealkylation sites (tertiary alicyclic amines) is 1. The third kappa shape index (κ3) is 5.54. The van der Waals surface area contributed by atoms with Crippen molar-refractivity contribution in [2.24, 2.45) is 0 Å². The molecular formula is C32H49N5O3. The van der Waals surface area contributed by atoms with Gasteiger partial charge in [0.25, 0.3) is 5.56 Å². The van der Waals surface area contributed by atoms with Crippen LogP contribution in [0.15, 0.2) is 29.1 Å². The van der Waals surface area contributed by atoms with E-state index in [1.807, 2.05) is 52.7 Å². The number of likely N-dealkylation sites (N-methyl/N-ethyl adjacent to an activating group) is 1. The lowest BCUT2D eigenvalue weighted by molar-refractivity contribution is -0.151. The summed E-state index contributed by atoms with van der Waals surface area (Å²) in [7, 11) is 3.66. The van der Waals surface area contributed by atoms with Gasteiger partial charge in [0.2, 0.25) is 0 Å². The van der Waals surface area contributed by atoms with Gasteiger partial charge >= 0.3 is 5.97 Å². The molecule has 0 bridgehead atoms. The monoisotopic (exact) mass is 551 g/mol. The number of hydrogen-bond donors (Lipinski definition) is 1. The van der Waals surface area contributed by atoms with Crippen LogP contribution in [-0.4, -0.2) is 81.3 Å². The molecule has 1 N–H and O–H groups in total. The maximum atomic E-state index is 14.2. The standard InChI is InChI=1S/C32H49N5O3/c1-23-16-17-26(36(23)25-12-8-6-5-7-9-13-25)22-24(2)37-28-15-11-10-14-27(28)33-29(30(37)38)35-20-18-32(19-21-35,31(39)40)34(3)4/h10-11,14-15,23-26H,5-9,12-13,16-22H2,1-4H3,(H,39,40)/t23?,24-,26-/m0/s1. The van der Waals surface area contributed by atoms with Crippen LogP contribution < -0.4 is 10.5 Å². The summed E-state index contributed by atoms with van der Waals surface area (Å²) in [5.74, 6) is -0.339. The summed E-state index contributed by atoms with van der Waals surface area (Å²) in [6.45, 7) is 5.59. The fraction of sp³-hybridized carbons (Fsp3) is 0.719. The molecule has 0 amide bonds. The Labute approximate surface area is 239 Å². The Morgan fingerprint density at radius 1 is 1.05 bits per heavy atom. The Morgan fingerprint density at radius 3 is 2.35 bits per heavy atom.